The van der Waals surface area contributed by atoms with Gasteiger partial charge in [-0.15, -0.1) is 0 Å². The van der Waals surface area contributed by atoms with Crippen molar-refractivity contribution < 1.29 is 9.72 Å². The number of nitrogens with one attached hydrogen (secondary N) is 2. The molecule has 3 aromatic rings. The van der Waals surface area contributed by atoms with Crippen molar-refractivity contribution in [1.82, 2.24) is 14.9 Å². The zero-order chi connectivity index (χ0) is 20.6. The number of anilines is 1. The van der Waals surface area contributed by atoms with Gasteiger partial charge in [0.1, 0.15) is 0 Å². The van der Waals surface area contributed by atoms with Crippen molar-refractivity contribution in [3.8, 4) is 5.69 Å². The Morgan fingerprint density at radius 1 is 1.17 bits per heavy atom. The second kappa shape index (κ2) is 9.74. The molecule has 1 heterocycles. The van der Waals surface area contributed by atoms with E-state index < -0.39 is 4.92 Å². The number of non-ortho nitro benzene ring substituents is 1. The van der Waals surface area contributed by atoms with Crippen LogP contribution in [-0.2, 0) is 4.79 Å². The van der Waals surface area contributed by atoms with Gasteiger partial charge in [-0.2, -0.15) is 0 Å². The van der Waals surface area contributed by atoms with E-state index >= 15 is 0 Å². The molecule has 2 aromatic carbocycles. The molecule has 0 saturated carbocycles. The Hall–Kier alpha value is -3.33. The lowest BCUT2D eigenvalue weighted by atomic mass is 10.2. The summed E-state index contributed by atoms with van der Waals surface area (Å²) in [6.45, 7) is 3.00. The fraction of sp³-hybridized carbons (Fsp3) is 0.200. The number of imidazole rings is 1. The van der Waals surface area contributed by atoms with E-state index in [1.165, 1.54) is 23.9 Å². The second-order valence-electron chi connectivity index (χ2n) is 6.24. The van der Waals surface area contributed by atoms with Gasteiger partial charge in [0, 0.05) is 43.3 Å². The fourth-order valence-electron chi connectivity index (χ4n) is 2.70. The number of amides is 1. The molecule has 0 unspecified atom stereocenters. The molecule has 8 nitrogen and oxygen atoms in total. The van der Waals surface area contributed by atoms with Crippen LogP contribution in [0.1, 0.15) is 5.56 Å². The first-order valence-corrected chi connectivity index (χ1v) is 10.0. The number of thioether (sulfide) groups is 1. The molecule has 3 rings (SSSR count). The van der Waals surface area contributed by atoms with Gasteiger partial charge in [-0.1, -0.05) is 30.0 Å². The fourth-order valence-corrected chi connectivity index (χ4v) is 3.50. The van der Waals surface area contributed by atoms with Gasteiger partial charge in [-0.25, -0.2) is 4.98 Å². The van der Waals surface area contributed by atoms with E-state index in [9.17, 15) is 14.9 Å². The standard InChI is InChI=1S/C20H21N5O3S/c1-15-4-2-3-5-18(15)24-13-12-23-20(24)29-14-19(26)22-11-10-21-16-6-8-17(9-7-16)25(27)28/h2-9,12-13,21H,10-11,14H2,1H3,(H,22,26). The average molecular weight is 411 g/mol. The Bertz CT molecular complexity index is 988. The Morgan fingerprint density at radius 2 is 1.93 bits per heavy atom. The zero-order valence-corrected chi connectivity index (χ0v) is 16.7. The normalized spacial score (nSPS) is 10.5. The maximum Gasteiger partial charge on any atom is 0.269 e. The summed E-state index contributed by atoms with van der Waals surface area (Å²) in [5.41, 5.74) is 2.98. The Balaban J connectivity index is 1.42. The van der Waals surface area contributed by atoms with Crippen LogP contribution >= 0.6 is 11.8 Å². The van der Waals surface area contributed by atoms with E-state index in [-0.39, 0.29) is 17.3 Å². The van der Waals surface area contributed by atoms with Crippen molar-refractivity contribution >= 4 is 29.0 Å². The minimum atomic E-state index is -0.438. The summed E-state index contributed by atoms with van der Waals surface area (Å²) in [4.78, 5) is 26.7. The molecule has 150 valence electrons. The van der Waals surface area contributed by atoms with Crippen molar-refractivity contribution in [1.29, 1.82) is 0 Å². The molecule has 29 heavy (non-hydrogen) atoms. The van der Waals surface area contributed by atoms with Gasteiger partial charge in [0.05, 0.1) is 16.4 Å². The molecule has 1 aromatic heterocycles. The summed E-state index contributed by atoms with van der Waals surface area (Å²) < 4.78 is 1.98. The lowest BCUT2D eigenvalue weighted by Gasteiger charge is -2.10. The number of benzene rings is 2. The van der Waals surface area contributed by atoms with E-state index in [1.54, 1.807) is 18.3 Å². The Kier molecular flexibility index (Phi) is 6.85. The molecular weight excluding hydrogens is 390 g/mol. The molecule has 0 aliphatic carbocycles. The molecule has 0 aliphatic rings. The Labute approximate surface area is 172 Å². The van der Waals surface area contributed by atoms with Gasteiger partial charge >= 0.3 is 0 Å². The molecule has 0 aliphatic heterocycles. The predicted molar refractivity (Wildman–Crippen MR) is 114 cm³/mol. The first-order valence-electron chi connectivity index (χ1n) is 9.02. The van der Waals surface area contributed by atoms with Crippen LogP contribution in [0, 0.1) is 17.0 Å². The molecule has 2 N–H and O–H groups in total. The summed E-state index contributed by atoms with van der Waals surface area (Å²) >= 11 is 1.38. The maximum atomic E-state index is 12.1. The van der Waals surface area contributed by atoms with Gasteiger partial charge in [-0.05, 0) is 30.7 Å². The van der Waals surface area contributed by atoms with Gasteiger partial charge < -0.3 is 10.6 Å². The van der Waals surface area contributed by atoms with Crippen LogP contribution in [0.15, 0.2) is 66.1 Å². The monoisotopic (exact) mass is 411 g/mol. The van der Waals surface area contributed by atoms with Gasteiger partial charge in [0.15, 0.2) is 5.16 Å². The Morgan fingerprint density at radius 3 is 2.66 bits per heavy atom. The number of aryl methyl sites for hydroxylation is 1. The first kappa shape index (κ1) is 20.4. The number of nitrogens with zero attached hydrogens (tertiary/aromatic N) is 3. The number of nitro benzene ring substituents is 1. The number of aromatic nitrogens is 2. The number of rotatable bonds is 9. The van der Waals surface area contributed by atoms with Crippen LogP contribution in [-0.4, -0.2) is 39.2 Å². The van der Waals surface area contributed by atoms with Crippen LogP contribution < -0.4 is 10.6 Å². The van der Waals surface area contributed by atoms with Crippen LogP contribution in [0.5, 0.6) is 0 Å². The van der Waals surface area contributed by atoms with Crippen LogP contribution in [0.3, 0.4) is 0 Å². The van der Waals surface area contributed by atoms with Crippen molar-refractivity contribution in [2.24, 2.45) is 0 Å². The summed E-state index contributed by atoms with van der Waals surface area (Å²) in [5, 5.41) is 17.4. The van der Waals surface area contributed by atoms with E-state index in [1.807, 2.05) is 42.0 Å². The number of carbonyl (C=O) groups is 1. The zero-order valence-electron chi connectivity index (χ0n) is 15.9. The molecule has 0 spiro atoms. The summed E-state index contributed by atoms with van der Waals surface area (Å²) in [6.07, 6.45) is 3.61. The van der Waals surface area contributed by atoms with Crippen LogP contribution in [0.2, 0.25) is 0 Å². The van der Waals surface area contributed by atoms with Gasteiger partial charge in [0.2, 0.25) is 5.91 Å². The van der Waals surface area contributed by atoms with Crippen molar-refractivity contribution in [2.75, 3.05) is 24.2 Å². The third kappa shape index (κ3) is 5.58. The molecule has 0 bridgehead atoms. The molecular formula is C20H21N5O3S. The van der Waals surface area contributed by atoms with Crippen molar-refractivity contribution in [3.05, 3.63) is 76.6 Å². The molecule has 0 radical (unpaired) electrons. The smallest absolute Gasteiger partial charge is 0.269 e. The number of hydrogen-bond acceptors (Lipinski definition) is 6. The molecule has 9 heteroatoms. The van der Waals surface area contributed by atoms with E-state index in [4.69, 9.17) is 0 Å². The first-order chi connectivity index (χ1) is 14.0. The van der Waals surface area contributed by atoms with E-state index in [0.717, 1.165) is 22.1 Å². The van der Waals surface area contributed by atoms with Crippen molar-refractivity contribution in [2.45, 2.75) is 12.1 Å². The highest BCUT2D eigenvalue weighted by Crippen LogP contribution is 2.22. The third-order valence-corrected chi connectivity index (χ3v) is 5.14. The SMILES string of the molecule is Cc1ccccc1-n1ccnc1SCC(=O)NCCNc1ccc([N+](=O)[O-])cc1. The van der Waals surface area contributed by atoms with Crippen molar-refractivity contribution in [3.63, 3.8) is 0 Å². The molecule has 0 saturated heterocycles. The lowest BCUT2D eigenvalue weighted by molar-refractivity contribution is -0.384. The maximum absolute atomic E-state index is 12.1. The number of nitro groups is 1. The topological polar surface area (TPSA) is 102 Å². The second-order valence-corrected chi connectivity index (χ2v) is 7.18. The van der Waals surface area contributed by atoms with Gasteiger partial charge in [-0.3, -0.25) is 19.5 Å². The summed E-state index contributed by atoms with van der Waals surface area (Å²) in [5.74, 6) is 0.181. The quantitative estimate of drug-likeness (QED) is 0.242. The van der Waals surface area contributed by atoms with Crippen LogP contribution in [0.4, 0.5) is 11.4 Å². The molecule has 0 atom stereocenters. The third-order valence-electron chi connectivity index (χ3n) is 4.17. The number of para-hydroxylation sites is 1. The van der Waals surface area contributed by atoms with Crippen LogP contribution in [0.25, 0.3) is 5.69 Å². The minimum absolute atomic E-state index is 0.0462. The summed E-state index contributed by atoms with van der Waals surface area (Å²) in [6, 6.07) is 14.2. The van der Waals surface area contributed by atoms with E-state index in [2.05, 4.69) is 15.6 Å². The highest BCUT2D eigenvalue weighted by molar-refractivity contribution is 7.99. The highest BCUT2D eigenvalue weighted by atomic mass is 32.2. The largest absolute Gasteiger partial charge is 0.383 e. The molecule has 0 fully saturated rings. The highest BCUT2D eigenvalue weighted by Gasteiger charge is 2.10. The van der Waals surface area contributed by atoms with E-state index in [0.29, 0.717) is 13.1 Å². The number of carbonyl (C=O) groups excluding carboxylic acids is 1. The predicted octanol–water partition coefficient (Wildman–Crippen LogP) is 3.41. The van der Waals surface area contributed by atoms with Gasteiger partial charge in [0.25, 0.3) is 5.69 Å². The number of hydrogen-bond donors (Lipinski definition) is 2. The summed E-state index contributed by atoms with van der Waals surface area (Å²) in [7, 11) is 0. The lowest BCUT2D eigenvalue weighted by Crippen LogP contribution is -2.30. The average Bonchev–Trinajstić information content (AvgIpc) is 3.18. The minimum Gasteiger partial charge on any atom is -0.383 e. The molecule has 1 amide bonds.